The van der Waals surface area contributed by atoms with E-state index >= 15 is 0 Å². The van der Waals surface area contributed by atoms with E-state index in [9.17, 15) is 4.79 Å². The minimum atomic E-state index is -0.126. The summed E-state index contributed by atoms with van der Waals surface area (Å²) >= 11 is 1.36. The van der Waals surface area contributed by atoms with Crippen LogP contribution in [-0.4, -0.2) is 14.6 Å². The molecule has 0 amide bonds. The largest absolute Gasteiger partial charge is 0.291 e. The zero-order valence-corrected chi connectivity index (χ0v) is 12.3. The lowest BCUT2D eigenvalue weighted by atomic mass is 10.2. The molecule has 0 bridgehead atoms. The molecule has 0 spiro atoms. The summed E-state index contributed by atoms with van der Waals surface area (Å²) in [4.78, 5) is 17.5. The van der Waals surface area contributed by atoms with Crippen LogP contribution in [0.4, 0.5) is 0 Å². The molecule has 0 unspecified atom stereocenters. The fourth-order valence-electron chi connectivity index (χ4n) is 2.24. The van der Waals surface area contributed by atoms with Crippen molar-refractivity contribution >= 4 is 22.4 Å². The molecule has 5 heteroatoms. The Hall–Kier alpha value is -2.79. The SMILES string of the molecule is O=c1/c(=C\c2ccccc2)sc2nc(-c3ccccc3)nn12. The van der Waals surface area contributed by atoms with Gasteiger partial charge in [-0.15, -0.1) is 5.10 Å². The second-order valence-electron chi connectivity index (χ2n) is 4.82. The minimum Gasteiger partial charge on any atom is -0.266 e. The molecule has 4 aromatic rings. The Morgan fingerprint density at radius 2 is 1.64 bits per heavy atom. The molecule has 0 saturated carbocycles. The summed E-state index contributed by atoms with van der Waals surface area (Å²) in [6, 6.07) is 19.4. The lowest BCUT2D eigenvalue weighted by molar-refractivity contribution is 0.937. The van der Waals surface area contributed by atoms with Crippen molar-refractivity contribution in [3.05, 3.63) is 81.1 Å². The van der Waals surface area contributed by atoms with Crippen molar-refractivity contribution in [2.45, 2.75) is 0 Å². The second kappa shape index (κ2) is 5.20. The molecule has 2 aromatic carbocycles. The maximum atomic E-state index is 12.4. The van der Waals surface area contributed by atoms with Crippen molar-refractivity contribution in [2.75, 3.05) is 0 Å². The van der Waals surface area contributed by atoms with Crippen molar-refractivity contribution < 1.29 is 0 Å². The van der Waals surface area contributed by atoms with Gasteiger partial charge in [-0.3, -0.25) is 4.79 Å². The molecule has 0 atom stereocenters. The molecule has 0 aliphatic carbocycles. The molecule has 0 N–H and O–H groups in total. The molecule has 106 valence electrons. The molecule has 2 aromatic heterocycles. The normalized spacial score (nSPS) is 12.1. The summed E-state index contributed by atoms with van der Waals surface area (Å²) in [7, 11) is 0. The summed E-state index contributed by atoms with van der Waals surface area (Å²) in [5.41, 5.74) is 1.78. The number of benzene rings is 2. The number of thiazole rings is 1. The van der Waals surface area contributed by atoms with Gasteiger partial charge in [0.15, 0.2) is 5.82 Å². The number of hydrogen-bond donors (Lipinski definition) is 0. The summed E-state index contributed by atoms with van der Waals surface area (Å²) < 4.78 is 2.02. The van der Waals surface area contributed by atoms with Crippen molar-refractivity contribution in [1.29, 1.82) is 0 Å². The number of fused-ring (bicyclic) bond motifs is 1. The Morgan fingerprint density at radius 3 is 2.32 bits per heavy atom. The lowest BCUT2D eigenvalue weighted by Crippen LogP contribution is -2.23. The van der Waals surface area contributed by atoms with Crippen LogP contribution in [0.25, 0.3) is 22.4 Å². The van der Waals surface area contributed by atoms with E-state index in [4.69, 9.17) is 0 Å². The summed E-state index contributed by atoms with van der Waals surface area (Å²) in [6.07, 6.45) is 1.87. The fraction of sp³-hybridized carbons (Fsp3) is 0. The van der Waals surface area contributed by atoms with E-state index in [1.165, 1.54) is 15.9 Å². The second-order valence-corrected chi connectivity index (χ2v) is 5.83. The Balaban J connectivity index is 1.85. The Morgan fingerprint density at radius 1 is 0.955 bits per heavy atom. The number of rotatable bonds is 2. The first kappa shape index (κ1) is 12.9. The molecule has 0 saturated heterocycles. The van der Waals surface area contributed by atoms with Gasteiger partial charge in [0, 0.05) is 5.56 Å². The van der Waals surface area contributed by atoms with Gasteiger partial charge in [0.1, 0.15) is 0 Å². The van der Waals surface area contributed by atoms with Gasteiger partial charge in [-0.25, -0.2) is 0 Å². The Labute approximate surface area is 130 Å². The lowest BCUT2D eigenvalue weighted by Gasteiger charge is -1.91. The number of nitrogens with zero attached hydrogens (tertiary/aromatic N) is 3. The molecule has 0 aliphatic rings. The van der Waals surface area contributed by atoms with Gasteiger partial charge in [0.25, 0.3) is 5.56 Å². The zero-order chi connectivity index (χ0) is 14.9. The van der Waals surface area contributed by atoms with Crippen molar-refractivity contribution in [3.8, 4) is 11.4 Å². The highest BCUT2D eigenvalue weighted by Gasteiger charge is 2.11. The van der Waals surface area contributed by atoms with Crippen LogP contribution in [-0.2, 0) is 0 Å². The van der Waals surface area contributed by atoms with Crippen LogP contribution in [0.2, 0.25) is 0 Å². The van der Waals surface area contributed by atoms with Gasteiger partial charge >= 0.3 is 0 Å². The highest BCUT2D eigenvalue weighted by atomic mass is 32.1. The molecule has 4 nitrogen and oxygen atoms in total. The molecule has 2 heterocycles. The fourth-order valence-corrected chi connectivity index (χ4v) is 3.15. The van der Waals surface area contributed by atoms with Crippen molar-refractivity contribution in [2.24, 2.45) is 0 Å². The summed E-state index contributed by atoms with van der Waals surface area (Å²) in [5, 5.41) is 4.33. The molecule has 22 heavy (non-hydrogen) atoms. The molecular formula is C17H11N3OS. The maximum absolute atomic E-state index is 12.4. The van der Waals surface area contributed by atoms with E-state index in [1.54, 1.807) is 0 Å². The number of hydrogen-bond acceptors (Lipinski definition) is 4. The highest BCUT2D eigenvalue weighted by Crippen LogP contribution is 2.15. The Bertz CT molecular complexity index is 1040. The van der Waals surface area contributed by atoms with Crippen LogP contribution < -0.4 is 10.1 Å². The van der Waals surface area contributed by atoms with Crippen LogP contribution in [0, 0.1) is 0 Å². The van der Waals surface area contributed by atoms with Crippen LogP contribution in [0.3, 0.4) is 0 Å². The van der Waals surface area contributed by atoms with Gasteiger partial charge in [-0.2, -0.15) is 9.50 Å². The van der Waals surface area contributed by atoms with Gasteiger partial charge in [0.05, 0.1) is 4.53 Å². The van der Waals surface area contributed by atoms with E-state index < -0.39 is 0 Å². The van der Waals surface area contributed by atoms with Crippen LogP contribution in [0.1, 0.15) is 5.56 Å². The third-order valence-electron chi connectivity index (χ3n) is 3.31. The van der Waals surface area contributed by atoms with Crippen molar-refractivity contribution in [1.82, 2.24) is 14.6 Å². The molecule has 4 rings (SSSR count). The minimum absolute atomic E-state index is 0.126. The first-order valence-electron chi connectivity index (χ1n) is 6.83. The maximum Gasteiger partial charge on any atom is 0.291 e. The monoisotopic (exact) mass is 305 g/mol. The van der Waals surface area contributed by atoms with Crippen LogP contribution >= 0.6 is 11.3 Å². The third-order valence-corrected chi connectivity index (χ3v) is 4.27. The van der Waals surface area contributed by atoms with E-state index in [1.807, 2.05) is 66.7 Å². The number of aromatic nitrogens is 3. The topological polar surface area (TPSA) is 47.3 Å². The van der Waals surface area contributed by atoms with Gasteiger partial charge < -0.3 is 0 Å². The van der Waals surface area contributed by atoms with E-state index in [-0.39, 0.29) is 5.56 Å². The smallest absolute Gasteiger partial charge is 0.266 e. The molecular weight excluding hydrogens is 294 g/mol. The van der Waals surface area contributed by atoms with Crippen LogP contribution in [0.15, 0.2) is 65.5 Å². The van der Waals surface area contributed by atoms with Crippen molar-refractivity contribution in [3.63, 3.8) is 0 Å². The predicted molar refractivity (Wildman–Crippen MR) is 87.8 cm³/mol. The van der Waals surface area contributed by atoms with Gasteiger partial charge in [-0.05, 0) is 11.6 Å². The zero-order valence-electron chi connectivity index (χ0n) is 11.5. The van der Waals surface area contributed by atoms with Gasteiger partial charge in [-0.1, -0.05) is 72.0 Å². The quantitative estimate of drug-likeness (QED) is 0.571. The summed E-state index contributed by atoms with van der Waals surface area (Å²) in [6.45, 7) is 0. The van der Waals surface area contributed by atoms with E-state index in [0.717, 1.165) is 11.1 Å². The molecule has 0 radical (unpaired) electrons. The predicted octanol–water partition coefficient (Wildman–Crippen LogP) is 2.37. The van der Waals surface area contributed by atoms with E-state index in [2.05, 4.69) is 10.1 Å². The first-order chi connectivity index (χ1) is 10.8. The first-order valence-corrected chi connectivity index (χ1v) is 7.65. The third kappa shape index (κ3) is 2.21. The molecule has 0 aliphatic heterocycles. The average Bonchev–Trinajstić information content (AvgIpc) is 3.10. The summed E-state index contributed by atoms with van der Waals surface area (Å²) in [5.74, 6) is 0.579. The Kier molecular flexibility index (Phi) is 3.05. The van der Waals surface area contributed by atoms with Crippen LogP contribution in [0.5, 0.6) is 0 Å². The molecule has 0 fully saturated rings. The standard InChI is InChI=1S/C17H11N3OS/c21-16-14(11-12-7-3-1-4-8-12)22-17-18-15(19-20(16)17)13-9-5-2-6-10-13/h1-11H/b14-11+. The highest BCUT2D eigenvalue weighted by molar-refractivity contribution is 7.15. The van der Waals surface area contributed by atoms with Gasteiger partial charge in [0.2, 0.25) is 4.96 Å². The average molecular weight is 305 g/mol. The van der Waals surface area contributed by atoms with E-state index in [0.29, 0.717) is 15.3 Å².